The van der Waals surface area contributed by atoms with Crippen LogP contribution in [0.2, 0.25) is 0 Å². The van der Waals surface area contributed by atoms with Gasteiger partial charge in [0.1, 0.15) is 12.3 Å². The van der Waals surface area contributed by atoms with Crippen LogP contribution < -0.4 is 19.5 Å². The second-order valence-electron chi connectivity index (χ2n) is 11.4. The van der Waals surface area contributed by atoms with Gasteiger partial charge in [0, 0.05) is 38.1 Å². The Balaban J connectivity index is 1.62. The molecule has 0 saturated carbocycles. The molecular weight excluding hydrogens is 538 g/mol. The molecule has 0 aliphatic carbocycles. The van der Waals surface area contributed by atoms with Gasteiger partial charge < -0.3 is 29.2 Å². The molecule has 0 radical (unpaired) electrons. The Bertz CT molecular complexity index is 1250. The lowest BCUT2D eigenvalue weighted by atomic mass is 9.98. The molecule has 2 aromatic carbocycles. The number of urea groups is 1. The first kappa shape index (κ1) is 31.1. The van der Waals surface area contributed by atoms with Crippen molar-refractivity contribution in [1.82, 2.24) is 20.1 Å². The maximum Gasteiger partial charge on any atom is 0.318 e. The largest absolute Gasteiger partial charge is 0.497 e. The summed E-state index contributed by atoms with van der Waals surface area (Å²) in [4.78, 5) is 31.2. The van der Waals surface area contributed by atoms with E-state index in [1.54, 1.807) is 26.2 Å². The number of methoxy groups -OCH3 is 3. The third-order valence-electron chi connectivity index (χ3n) is 7.27. The van der Waals surface area contributed by atoms with Crippen LogP contribution in [0.4, 0.5) is 4.79 Å². The lowest BCUT2D eigenvalue weighted by molar-refractivity contribution is -0.133. The molecular formula is C31H43N5O6. The van der Waals surface area contributed by atoms with Gasteiger partial charge in [-0.25, -0.2) is 9.80 Å². The van der Waals surface area contributed by atoms with Crippen molar-refractivity contribution in [2.24, 2.45) is 5.10 Å². The van der Waals surface area contributed by atoms with E-state index in [-0.39, 0.29) is 24.5 Å². The Kier molecular flexibility index (Phi) is 10.3. The van der Waals surface area contributed by atoms with Crippen LogP contribution in [-0.4, -0.2) is 105 Å². The van der Waals surface area contributed by atoms with Gasteiger partial charge in [0.2, 0.25) is 0 Å². The molecule has 2 aliphatic rings. The maximum absolute atomic E-state index is 14.0. The van der Waals surface area contributed by atoms with Crippen molar-refractivity contribution in [2.45, 2.75) is 38.8 Å². The summed E-state index contributed by atoms with van der Waals surface area (Å²) in [5.74, 6) is 1.63. The number of amides is 3. The third kappa shape index (κ3) is 7.92. The lowest BCUT2D eigenvalue weighted by Gasteiger charge is -2.33. The summed E-state index contributed by atoms with van der Waals surface area (Å²) in [5.41, 5.74) is 2.07. The number of nitrogens with zero attached hydrogens (tertiary/aromatic N) is 4. The number of ether oxygens (including phenoxy) is 4. The molecule has 2 aromatic rings. The van der Waals surface area contributed by atoms with Gasteiger partial charge in [0.25, 0.3) is 5.91 Å². The van der Waals surface area contributed by atoms with Crippen LogP contribution in [0, 0.1) is 0 Å². The van der Waals surface area contributed by atoms with Gasteiger partial charge in [-0.15, -0.1) is 0 Å². The molecule has 1 saturated heterocycles. The molecule has 42 heavy (non-hydrogen) atoms. The molecule has 0 bridgehead atoms. The van der Waals surface area contributed by atoms with Gasteiger partial charge in [-0.2, -0.15) is 5.10 Å². The van der Waals surface area contributed by atoms with Crippen molar-refractivity contribution in [3.8, 4) is 17.2 Å². The number of hydrazone groups is 1. The van der Waals surface area contributed by atoms with Crippen molar-refractivity contribution in [3.63, 3.8) is 0 Å². The zero-order chi connectivity index (χ0) is 30.3. The molecule has 1 atom stereocenters. The topological polar surface area (TPSA) is 105 Å². The average Bonchev–Trinajstić information content (AvgIpc) is 3.44. The first-order chi connectivity index (χ1) is 20.1. The molecule has 11 heteroatoms. The van der Waals surface area contributed by atoms with E-state index >= 15 is 0 Å². The molecule has 3 amide bonds. The Morgan fingerprint density at radius 2 is 1.69 bits per heavy atom. The molecule has 11 nitrogen and oxygen atoms in total. The van der Waals surface area contributed by atoms with Gasteiger partial charge >= 0.3 is 6.03 Å². The minimum Gasteiger partial charge on any atom is -0.497 e. The predicted molar refractivity (Wildman–Crippen MR) is 160 cm³/mol. The Morgan fingerprint density at radius 3 is 2.31 bits per heavy atom. The minimum atomic E-state index is -0.452. The van der Waals surface area contributed by atoms with E-state index in [1.165, 1.54) is 5.01 Å². The first-order valence-electron chi connectivity index (χ1n) is 14.2. The van der Waals surface area contributed by atoms with Crippen LogP contribution in [0.15, 0.2) is 47.6 Å². The molecule has 1 fully saturated rings. The van der Waals surface area contributed by atoms with E-state index in [2.05, 4.69) is 10.2 Å². The smallest absolute Gasteiger partial charge is 0.318 e. The van der Waals surface area contributed by atoms with E-state index < -0.39 is 5.54 Å². The fourth-order valence-corrected chi connectivity index (χ4v) is 4.99. The summed E-state index contributed by atoms with van der Waals surface area (Å²) in [6.45, 7) is 9.62. The van der Waals surface area contributed by atoms with Crippen LogP contribution in [0.1, 0.15) is 44.4 Å². The zero-order valence-electron chi connectivity index (χ0n) is 25.5. The summed E-state index contributed by atoms with van der Waals surface area (Å²) >= 11 is 0. The fourth-order valence-electron chi connectivity index (χ4n) is 4.99. The lowest BCUT2D eigenvalue weighted by Crippen LogP contribution is -2.53. The highest BCUT2D eigenvalue weighted by Gasteiger charge is 2.35. The summed E-state index contributed by atoms with van der Waals surface area (Å²) in [5, 5.41) is 9.33. The SMILES string of the molecule is COc1ccc(C2=NN(C(=O)CN(CCN3CCOCC3)C(=O)NC(C)(C)C)C(c3ccc(OC)c(OC)c3)C2)cc1. The molecule has 4 rings (SSSR count). The van der Waals surface area contributed by atoms with E-state index in [0.717, 1.165) is 35.7 Å². The van der Waals surface area contributed by atoms with Crippen molar-refractivity contribution in [3.05, 3.63) is 53.6 Å². The fraction of sp³-hybridized carbons (Fsp3) is 0.516. The second kappa shape index (κ2) is 13.9. The molecule has 2 aliphatic heterocycles. The average molecular weight is 582 g/mol. The maximum atomic E-state index is 14.0. The zero-order valence-corrected chi connectivity index (χ0v) is 25.5. The van der Waals surface area contributed by atoms with Crippen LogP contribution in [-0.2, 0) is 9.53 Å². The van der Waals surface area contributed by atoms with Crippen molar-refractivity contribution in [2.75, 3.05) is 67.3 Å². The van der Waals surface area contributed by atoms with Gasteiger partial charge in [-0.05, 0) is 68.3 Å². The van der Waals surface area contributed by atoms with Crippen LogP contribution in [0.5, 0.6) is 17.2 Å². The summed E-state index contributed by atoms with van der Waals surface area (Å²) in [6.07, 6.45) is 0.496. The number of carbonyl (C=O) groups excluding carboxylic acids is 2. The highest BCUT2D eigenvalue weighted by atomic mass is 16.5. The monoisotopic (exact) mass is 581 g/mol. The number of hydrogen-bond donors (Lipinski definition) is 1. The van der Waals surface area contributed by atoms with Crippen molar-refractivity contribution in [1.29, 1.82) is 0 Å². The van der Waals surface area contributed by atoms with E-state index in [9.17, 15) is 9.59 Å². The highest BCUT2D eigenvalue weighted by molar-refractivity contribution is 6.03. The van der Waals surface area contributed by atoms with Crippen LogP contribution in [0.25, 0.3) is 0 Å². The van der Waals surface area contributed by atoms with E-state index in [0.29, 0.717) is 44.2 Å². The third-order valence-corrected chi connectivity index (χ3v) is 7.27. The molecule has 1 unspecified atom stereocenters. The van der Waals surface area contributed by atoms with Gasteiger partial charge in [0.05, 0.1) is 46.3 Å². The molecule has 0 spiro atoms. The number of carbonyl (C=O) groups is 2. The Labute approximate surface area is 248 Å². The van der Waals surface area contributed by atoms with E-state index in [4.69, 9.17) is 24.0 Å². The van der Waals surface area contributed by atoms with Crippen LogP contribution in [0.3, 0.4) is 0 Å². The number of hydrogen-bond acceptors (Lipinski definition) is 8. The number of morpholine rings is 1. The molecule has 1 N–H and O–H groups in total. The van der Waals surface area contributed by atoms with Crippen molar-refractivity contribution < 1.29 is 28.5 Å². The summed E-state index contributed by atoms with van der Waals surface area (Å²) in [6, 6.07) is 12.6. The number of benzene rings is 2. The first-order valence-corrected chi connectivity index (χ1v) is 14.2. The predicted octanol–water partition coefficient (Wildman–Crippen LogP) is 3.53. The van der Waals surface area contributed by atoms with Gasteiger partial charge in [0.15, 0.2) is 11.5 Å². The molecule has 0 aromatic heterocycles. The Morgan fingerprint density at radius 1 is 1.00 bits per heavy atom. The highest BCUT2D eigenvalue weighted by Crippen LogP contribution is 2.37. The quantitative estimate of drug-likeness (QED) is 0.458. The van der Waals surface area contributed by atoms with Gasteiger partial charge in [-0.3, -0.25) is 9.69 Å². The van der Waals surface area contributed by atoms with Gasteiger partial charge in [-0.1, -0.05) is 6.07 Å². The van der Waals surface area contributed by atoms with E-state index in [1.807, 2.05) is 63.2 Å². The number of rotatable bonds is 10. The normalized spacial score (nSPS) is 17.4. The molecule has 228 valence electrons. The summed E-state index contributed by atoms with van der Waals surface area (Å²) in [7, 11) is 4.79. The number of nitrogens with one attached hydrogen (secondary N) is 1. The summed E-state index contributed by atoms with van der Waals surface area (Å²) < 4.78 is 21.7. The second-order valence-corrected chi connectivity index (χ2v) is 11.4. The minimum absolute atomic E-state index is 0.116. The Hall–Kier alpha value is -3.83. The molecule has 2 heterocycles. The van der Waals surface area contributed by atoms with Crippen molar-refractivity contribution >= 4 is 17.6 Å². The standard InChI is InChI=1S/C31H43N5O6/c1-31(2,3)32-30(38)35(14-13-34-15-17-42-18-16-34)21-29(37)36-26(23-9-12-27(40-5)28(19-23)41-6)20-25(33-36)22-7-10-24(39-4)11-8-22/h7-12,19,26H,13-18,20-21H2,1-6H3,(H,32,38). The van der Waals surface area contributed by atoms with Crippen LogP contribution >= 0.6 is 0 Å².